The second kappa shape index (κ2) is 4.62. The first-order valence-corrected chi connectivity index (χ1v) is 8.08. The van der Waals surface area contributed by atoms with E-state index in [9.17, 15) is 0 Å². The summed E-state index contributed by atoms with van der Waals surface area (Å²) in [5.74, 6) is 0.946. The Bertz CT molecular complexity index is 586. The van der Waals surface area contributed by atoms with Gasteiger partial charge in [0.25, 0.3) is 0 Å². The minimum absolute atomic E-state index is 0.0774. The highest BCUT2D eigenvalue weighted by molar-refractivity contribution is 7.16. The van der Waals surface area contributed by atoms with Gasteiger partial charge in [0, 0.05) is 10.9 Å². The molecule has 0 aromatic carbocycles. The Morgan fingerprint density at radius 3 is 2.35 bits per heavy atom. The van der Waals surface area contributed by atoms with E-state index in [4.69, 9.17) is 16.0 Å². The summed E-state index contributed by atoms with van der Waals surface area (Å²) in [5.41, 5.74) is 0.581. The fraction of sp³-hybridized carbons (Fsp3) is 0.500. The molecule has 3 rings (SSSR count). The highest BCUT2D eigenvalue weighted by Crippen LogP contribution is 2.63. The van der Waals surface area contributed by atoms with E-state index >= 15 is 0 Å². The van der Waals surface area contributed by atoms with Crippen molar-refractivity contribution in [2.75, 3.05) is 0 Å². The van der Waals surface area contributed by atoms with Crippen molar-refractivity contribution in [3.8, 4) is 0 Å². The lowest BCUT2D eigenvalue weighted by molar-refractivity contribution is 0.426. The number of furan rings is 1. The smallest absolute Gasteiger partial charge is 0.126 e. The van der Waals surface area contributed by atoms with E-state index < -0.39 is 0 Å². The van der Waals surface area contributed by atoms with Crippen LogP contribution in [0.1, 0.15) is 44.4 Å². The molecule has 20 heavy (non-hydrogen) atoms. The Kier molecular flexibility index (Phi) is 3.27. The quantitative estimate of drug-likeness (QED) is 0.849. The van der Waals surface area contributed by atoms with Crippen LogP contribution in [-0.2, 0) is 0 Å². The van der Waals surface area contributed by atoms with Gasteiger partial charge in [0.2, 0.25) is 0 Å². The summed E-state index contributed by atoms with van der Waals surface area (Å²) >= 11 is 7.70. The second-order valence-electron chi connectivity index (χ2n) is 6.63. The molecule has 108 valence electrons. The third kappa shape index (κ3) is 2.12. The molecule has 0 saturated heterocycles. The van der Waals surface area contributed by atoms with Gasteiger partial charge in [-0.2, -0.15) is 0 Å². The topological polar surface area (TPSA) is 25.2 Å². The van der Waals surface area contributed by atoms with Gasteiger partial charge in [-0.05, 0) is 35.1 Å². The summed E-state index contributed by atoms with van der Waals surface area (Å²) in [7, 11) is 0. The predicted octanol–water partition coefficient (Wildman–Crippen LogP) is 5.11. The van der Waals surface area contributed by atoms with Gasteiger partial charge in [-0.25, -0.2) is 0 Å². The molecule has 2 aromatic heterocycles. The molecule has 1 N–H and O–H groups in total. The zero-order valence-electron chi connectivity index (χ0n) is 12.2. The lowest BCUT2D eigenvalue weighted by atomic mass is 10.0. The van der Waals surface area contributed by atoms with Crippen LogP contribution >= 0.6 is 22.9 Å². The van der Waals surface area contributed by atoms with Crippen LogP contribution in [0.4, 0.5) is 0 Å². The molecule has 0 radical (unpaired) electrons. The van der Waals surface area contributed by atoms with E-state index in [1.54, 1.807) is 17.6 Å². The van der Waals surface area contributed by atoms with Gasteiger partial charge < -0.3 is 4.42 Å². The van der Waals surface area contributed by atoms with Crippen LogP contribution in [0, 0.1) is 10.8 Å². The molecule has 0 amide bonds. The molecule has 0 aliphatic heterocycles. The van der Waals surface area contributed by atoms with Crippen molar-refractivity contribution in [1.29, 1.82) is 0 Å². The van der Waals surface area contributed by atoms with Crippen LogP contribution in [0.2, 0.25) is 4.34 Å². The lowest BCUT2D eigenvalue weighted by Crippen LogP contribution is -2.27. The standard InChI is InChI=1S/C16H20ClNOS/c1-15(2)14(16(15,3)4)18-13(10-6-5-9-19-10)11-7-8-12(17)20-11/h5-9,13-14,18H,1-4H3. The van der Waals surface area contributed by atoms with Crippen LogP contribution in [-0.4, -0.2) is 6.04 Å². The Morgan fingerprint density at radius 1 is 1.20 bits per heavy atom. The van der Waals surface area contributed by atoms with Crippen LogP contribution in [0.25, 0.3) is 0 Å². The molecule has 2 nitrogen and oxygen atoms in total. The fourth-order valence-electron chi connectivity index (χ4n) is 3.02. The number of hydrogen-bond acceptors (Lipinski definition) is 3. The van der Waals surface area contributed by atoms with E-state index in [-0.39, 0.29) is 6.04 Å². The van der Waals surface area contributed by atoms with Gasteiger partial charge in [0.05, 0.1) is 10.6 Å². The fourth-order valence-corrected chi connectivity index (χ4v) is 4.15. The van der Waals surface area contributed by atoms with Crippen molar-refractivity contribution >= 4 is 22.9 Å². The zero-order chi connectivity index (χ0) is 14.5. The molecular formula is C16H20ClNOS. The normalized spacial score (nSPS) is 21.9. The number of nitrogens with one attached hydrogen (secondary N) is 1. The summed E-state index contributed by atoms with van der Waals surface area (Å²) in [6.45, 7) is 9.24. The molecule has 0 bridgehead atoms. The Morgan fingerprint density at radius 2 is 1.90 bits per heavy atom. The van der Waals surface area contributed by atoms with E-state index in [0.29, 0.717) is 16.9 Å². The Hall–Kier alpha value is -0.770. The van der Waals surface area contributed by atoms with E-state index in [1.807, 2.05) is 18.2 Å². The zero-order valence-corrected chi connectivity index (χ0v) is 13.8. The molecule has 1 fully saturated rings. The van der Waals surface area contributed by atoms with Crippen LogP contribution in [0.5, 0.6) is 0 Å². The SMILES string of the molecule is CC1(C)C(NC(c2ccco2)c2ccc(Cl)s2)C1(C)C. The van der Waals surface area contributed by atoms with Crippen LogP contribution in [0.15, 0.2) is 34.9 Å². The Balaban J connectivity index is 1.89. The molecule has 4 heteroatoms. The van der Waals surface area contributed by atoms with Gasteiger partial charge in [-0.3, -0.25) is 5.32 Å². The highest BCUT2D eigenvalue weighted by Gasteiger charge is 2.65. The predicted molar refractivity (Wildman–Crippen MR) is 84.4 cm³/mol. The van der Waals surface area contributed by atoms with Crippen molar-refractivity contribution < 1.29 is 4.42 Å². The van der Waals surface area contributed by atoms with E-state index in [2.05, 4.69) is 39.1 Å². The summed E-state index contributed by atoms with van der Waals surface area (Å²) in [5, 5.41) is 3.76. The molecule has 0 spiro atoms. The summed E-state index contributed by atoms with van der Waals surface area (Å²) in [4.78, 5) is 1.20. The van der Waals surface area contributed by atoms with E-state index in [0.717, 1.165) is 10.1 Å². The summed E-state index contributed by atoms with van der Waals surface area (Å²) < 4.78 is 6.44. The maximum absolute atomic E-state index is 6.09. The monoisotopic (exact) mass is 309 g/mol. The summed E-state index contributed by atoms with van der Waals surface area (Å²) in [6.07, 6.45) is 1.72. The van der Waals surface area contributed by atoms with Crippen molar-refractivity contribution in [3.05, 3.63) is 45.5 Å². The van der Waals surface area contributed by atoms with Gasteiger partial charge in [-0.15, -0.1) is 11.3 Å². The number of thiophene rings is 1. The second-order valence-corrected chi connectivity index (χ2v) is 8.38. The highest BCUT2D eigenvalue weighted by atomic mass is 35.5. The average molecular weight is 310 g/mol. The van der Waals surface area contributed by atoms with Crippen LogP contribution in [0.3, 0.4) is 0 Å². The molecule has 1 atom stereocenters. The molecule has 1 aliphatic carbocycles. The molecule has 1 unspecified atom stereocenters. The molecular weight excluding hydrogens is 290 g/mol. The van der Waals surface area contributed by atoms with Crippen molar-refractivity contribution in [1.82, 2.24) is 5.32 Å². The number of rotatable bonds is 4. The van der Waals surface area contributed by atoms with Crippen LogP contribution < -0.4 is 5.32 Å². The summed E-state index contributed by atoms with van der Waals surface area (Å²) in [6, 6.07) is 8.52. The molecule has 2 aromatic rings. The Labute approximate surface area is 129 Å². The number of halogens is 1. The van der Waals surface area contributed by atoms with Gasteiger partial charge in [0.15, 0.2) is 0 Å². The van der Waals surface area contributed by atoms with Crippen molar-refractivity contribution in [2.24, 2.45) is 10.8 Å². The van der Waals surface area contributed by atoms with E-state index in [1.165, 1.54) is 4.88 Å². The average Bonchev–Trinajstić information content (AvgIpc) is 2.88. The minimum Gasteiger partial charge on any atom is -0.467 e. The first-order valence-electron chi connectivity index (χ1n) is 6.89. The van der Waals surface area contributed by atoms with Gasteiger partial charge in [0.1, 0.15) is 11.8 Å². The minimum atomic E-state index is 0.0774. The van der Waals surface area contributed by atoms with Crippen molar-refractivity contribution in [3.63, 3.8) is 0 Å². The maximum Gasteiger partial charge on any atom is 0.126 e. The third-order valence-corrected chi connectivity index (χ3v) is 6.36. The lowest BCUT2D eigenvalue weighted by Gasteiger charge is -2.17. The first kappa shape index (κ1) is 14.2. The maximum atomic E-state index is 6.09. The molecule has 1 aliphatic rings. The van der Waals surface area contributed by atoms with Gasteiger partial charge >= 0.3 is 0 Å². The first-order chi connectivity index (χ1) is 9.34. The molecule has 1 saturated carbocycles. The number of hydrogen-bond donors (Lipinski definition) is 1. The third-order valence-electron chi connectivity index (χ3n) is 5.06. The van der Waals surface area contributed by atoms with Gasteiger partial charge in [-0.1, -0.05) is 39.3 Å². The molecule has 2 heterocycles. The van der Waals surface area contributed by atoms with Crippen molar-refractivity contribution in [2.45, 2.75) is 39.8 Å². The largest absolute Gasteiger partial charge is 0.467 e.